The molecule has 37 heavy (non-hydrogen) atoms. The van der Waals surface area contributed by atoms with Crippen LogP contribution < -0.4 is 22.1 Å². The largest absolute Gasteiger partial charge is 0.481 e. The van der Waals surface area contributed by atoms with Crippen molar-refractivity contribution >= 4 is 23.7 Å². The summed E-state index contributed by atoms with van der Waals surface area (Å²) in [6.45, 7) is 1.97. The number of nitrogens with zero attached hydrogens (tertiary/aromatic N) is 3. The number of amides is 3. The molecule has 210 valence electrons. The lowest BCUT2D eigenvalue weighted by Crippen LogP contribution is -2.60. The van der Waals surface area contributed by atoms with E-state index in [9.17, 15) is 29.4 Å². The van der Waals surface area contributed by atoms with Gasteiger partial charge in [0.05, 0.1) is 25.2 Å². The van der Waals surface area contributed by atoms with Crippen LogP contribution in [0.5, 0.6) is 0 Å². The van der Waals surface area contributed by atoms with Crippen LogP contribution in [0.4, 0.5) is 0 Å². The van der Waals surface area contributed by atoms with Crippen LogP contribution in [0.3, 0.4) is 0 Å². The zero-order valence-corrected chi connectivity index (χ0v) is 20.6. The van der Waals surface area contributed by atoms with Gasteiger partial charge in [0, 0.05) is 24.4 Å². The number of azide groups is 1. The molecule has 0 aromatic carbocycles. The minimum absolute atomic E-state index is 0.00278. The molecule has 17 nitrogen and oxygen atoms in total. The zero-order chi connectivity index (χ0) is 28.1. The molecule has 1 saturated heterocycles. The molecule has 3 unspecified atom stereocenters. The predicted octanol–water partition coefficient (Wildman–Crippen LogP) is -2.92. The van der Waals surface area contributed by atoms with Crippen molar-refractivity contribution in [2.75, 3.05) is 26.3 Å². The summed E-state index contributed by atoms with van der Waals surface area (Å²) in [5.41, 5.74) is 19.4. The molecule has 8 atom stereocenters. The number of hydrogen-bond acceptors (Lipinski definition) is 11. The van der Waals surface area contributed by atoms with Gasteiger partial charge in [-0.25, -0.2) is 0 Å². The van der Waals surface area contributed by atoms with Crippen LogP contribution in [0.2, 0.25) is 0 Å². The third-order valence-corrected chi connectivity index (χ3v) is 5.58. The van der Waals surface area contributed by atoms with Crippen molar-refractivity contribution < 1.29 is 48.7 Å². The molecule has 1 aliphatic heterocycles. The van der Waals surface area contributed by atoms with Crippen LogP contribution in [-0.2, 0) is 33.4 Å². The monoisotopic (exact) mass is 533 g/mol. The fraction of sp³-hybridized carbons (Fsp3) is 0.800. The Labute approximate surface area is 212 Å². The van der Waals surface area contributed by atoms with Crippen molar-refractivity contribution in [2.24, 2.45) is 22.5 Å². The Balaban J connectivity index is 2.82. The molecular weight excluding hydrogens is 498 g/mol. The first-order valence-corrected chi connectivity index (χ1v) is 11.5. The zero-order valence-electron chi connectivity index (χ0n) is 20.6. The molecule has 0 aromatic rings. The Hall–Kier alpha value is -3.05. The fourth-order valence-electron chi connectivity index (χ4n) is 3.51. The van der Waals surface area contributed by atoms with Gasteiger partial charge in [-0.15, -0.1) is 0 Å². The third-order valence-electron chi connectivity index (χ3n) is 5.58. The predicted molar refractivity (Wildman–Crippen MR) is 124 cm³/mol. The highest BCUT2D eigenvalue weighted by atomic mass is 16.7. The summed E-state index contributed by atoms with van der Waals surface area (Å²) in [4.78, 5) is 49.9. The Bertz CT molecular complexity index is 840. The van der Waals surface area contributed by atoms with E-state index in [0.29, 0.717) is 0 Å². The highest BCUT2D eigenvalue weighted by Crippen LogP contribution is 2.29. The number of aliphatic hydroxyl groups excluding tert-OH is 2. The lowest BCUT2D eigenvalue weighted by atomic mass is 9.90. The van der Waals surface area contributed by atoms with Crippen LogP contribution in [0.1, 0.15) is 26.7 Å². The van der Waals surface area contributed by atoms with Gasteiger partial charge < -0.3 is 51.6 Å². The summed E-state index contributed by atoms with van der Waals surface area (Å²) >= 11 is 0. The first-order chi connectivity index (χ1) is 17.5. The second-order valence-corrected chi connectivity index (χ2v) is 8.31. The number of carboxylic acid groups (broad SMARTS) is 1. The molecule has 1 rings (SSSR count). The number of nitrogens with one attached hydrogen (secondary N) is 2. The van der Waals surface area contributed by atoms with E-state index in [1.165, 1.54) is 13.8 Å². The molecular formula is C20H35N7O10. The molecule has 1 heterocycles. The van der Waals surface area contributed by atoms with Crippen LogP contribution in [0, 0.1) is 5.92 Å². The molecule has 17 heteroatoms. The Kier molecular flexibility index (Phi) is 13.8. The van der Waals surface area contributed by atoms with Gasteiger partial charge in [-0.2, -0.15) is 0 Å². The minimum atomic E-state index is -1.38. The van der Waals surface area contributed by atoms with E-state index < -0.39 is 85.4 Å². The maximum Gasteiger partial charge on any atom is 0.303 e. The van der Waals surface area contributed by atoms with Gasteiger partial charge in [0.15, 0.2) is 6.29 Å². The number of carbonyl (C=O) groups excluding carboxylic acids is 3. The minimum Gasteiger partial charge on any atom is -0.481 e. The molecule has 1 fully saturated rings. The molecule has 3 amide bonds. The van der Waals surface area contributed by atoms with Gasteiger partial charge >= 0.3 is 5.97 Å². The van der Waals surface area contributed by atoms with Crippen molar-refractivity contribution in [3.05, 3.63) is 10.4 Å². The molecule has 0 bridgehead atoms. The van der Waals surface area contributed by atoms with Crippen molar-refractivity contribution in [1.29, 1.82) is 0 Å². The van der Waals surface area contributed by atoms with Gasteiger partial charge in [0.2, 0.25) is 17.7 Å². The Morgan fingerprint density at radius 2 is 1.89 bits per heavy atom. The number of carbonyl (C=O) groups is 4. The third kappa shape index (κ3) is 10.1. The number of aliphatic carboxylic acids is 1. The number of carboxylic acids is 1. The van der Waals surface area contributed by atoms with E-state index in [0.717, 1.165) is 0 Å². The number of hydrogen-bond donors (Lipinski definition) is 7. The molecule has 9 N–H and O–H groups in total. The van der Waals surface area contributed by atoms with Crippen LogP contribution in [-0.4, -0.2) is 108 Å². The van der Waals surface area contributed by atoms with Crippen molar-refractivity contribution in [3.63, 3.8) is 0 Å². The molecule has 0 aliphatic carbocycles. The highest BCUT2D eigenvalue weighted by molar-refractivity contribution is 5.92. The number of ether oxygens (including phenoxy) is 3. The second kappa shape index (κ2) is 15.9. The van der Waals surface area contributed by atoms with E-state index in [1.807, 2.05) is 0 Å². The van der Waals surface area contributed by atoms with E-state index in [2.05, 4.69) is 20.7 Å². The maximum absolute atomic E-state index is 12.7. The lowest BCUT2D eigenvalue weighted by Gasteiger charge is -2.44. The topological polar surface area (TPSA) is 282 Å². The van der Waals surface area contributed by atoms with E-state index in [-0.39, 0.29) is 26.1 Å². The van der Waals surface area contributed by atoms with Crippen molar-refractivity contribution in [1.82, 2.24) is 10.6 Å². The average molecular weight is 534 g/mol. The quantitative estimate of drug-likeness (QED) is 0.0456. The fourth-order valence-corrected chi connectivity index (χ4v) is 3.51. The molecule has 0 radical (unpaired) electrons. The van der Waals surface area contributed by atoms with Gasteiger partial charge in [-0.05, 0) is 25.8 Å². The van der Waals surface area contributed by atoms with Crippen LogP contribution in [0.15, 0.2) is 5.11 Å². The number of nitrogens with two attached hydrogens (primary N) is 2. The summed E-state index contributed by atoms with van der Waals surface area (Å²) in [7, 11) is 0. The van der Waals surface area contributed by atoms with Gasteiger partial charge in [0.25, 0.3) is 0 Å². The standard InChI is InChI=1S/C20H35N7O10/c1-9(18(33)26-12(17(22)32)3-4-14(29)30)25-19(34)10(2)36-16-11(7-21)20(35-6-5-24-27-23)37-13(8-28)15(16)31/h9-13,15-16,20,28,31H,3-8,21H2,1-2H3,(H2,22,32)(H,25,34)(H,26,33)(H,29,30)/t9-,10+,11-,12+,13?,15?,16+,20?/m0/s1. The molecule has 1 aliphatic rings. The highest BCUT2D eigenvalue weighted by Gasteiger charge is 2.46. The number of primary amides is 1. The van der Waals surface area contributed by atoms with Gasteiger partial charge in [-0.3, -0.25) is 19.2 Å². The second-order valence-electron chi connectivity index (χ2n) is 8.31. The molecule has 0 spiro atoms. The first-order valence-electron chi connectivity index (χ1n) is 11.5. The summed E-state index contributed by atoms with van der Waals surface area (Å²) in [6.07, 6.45) is -6.49. The summed E-state index contributed by atoms with van der Waals surface area (Å²) in [5, 5.41) is 37.0. The maximum atomic E-state index is 12.7. The normalized spacial score (nSPS) is 25.7. The molecule has 0 saturated carbocycles. The van der Waals surface area contributed by atoms with Crippen molar-refractivity contribution in [3.8, 4) is 0 Å². The van der Waals surface area contributed by atoms with E-state index in [4.69, 9.17) is 36.3 Å². The summed E-state index contributed by atoms with van der Waals surface area (Å²) in [6, 6.07) is -2.40. The first kappa shape index (κ1) is 32.0. The average Bonchev–Trinajstić information content (AvgIpc) is 2.85. The van der Waals surface area contributed by atoms with Crippen LogP contribution >= 0.6 is 0 Å². The molecule has 0 aromatic heterocycles. The van der Waals surface area contributed by atoms with E-state index >= 15 is 0 Å². The van der Waals surface area contributed by atoms with Crippen LogP contribution in [0.25, 0.3) is 10.4 Å². The summed E-state index contributed by atoms with van der Waals surface area (Å²) < 4.78 is 16.8. The SMILES string of the molecule is C[C@H](NC(=O)[C@@H](C)O[C@H]1C(O)C(CO)OC(OCCN=[N+]=[N-])[C@H]1CN)C(=O)N[C@H](CCC(=O)O)C(N)=O. The summed E-state index contributed by atoms with van der Waals surface area (Å²) in [5.74, 6) is -4.41. The van der Waals surface area contributed by atoms with E-state index in [1.54, 1.807) is 0 Å². The Morgan fingerprint density at radius 1 is 1.22 bits per heavy atom. The smallest absolute Gasteiger partial charge is 0.303 e. The van der Waals surface area contributed by atoms with Gasteiger partial charge in [0.1, 0.15) is 30.4 Å². The van der Waals surface area contributed by atoms with Gasteiger partial charge in [-0.1, -0.05) is 5.11 Å². The number of aliphatic hydroxyl groups is 2. The number of rotatable bonds is 16. The van der Waals surface area contributed by atoms with Crippen molar-refractivity contribution in [2.45, 2.75) is 69.5 Å². The lowest BCUT2D eigenvalue weighted by molar-refractivity contribution is -0.293. The Morgan fingerprint density at radius 3 is 2.43 bits per heavy atom.